The van der Waals surface area contributed by atoms with Crippen LogP contribution in [0.3, 0.4) is 0 Å². The van der Waals surface area contributed by atoms with Crippen molar-refractivity contribution in [2.45, 2.75) is 19.8 Å². The van der Waals surface area contributed by atoms with E-state index in [0.717, 1.165) is 25.1 Å². The molecule has 0 atom stereocenters. The first-order valence-corrected chi connectivity index (χ1v) is 8.53. The van der Waals surface area contributed by atoms with Crippen molar-refractivity contribution in [3.8, 4) is 5.75 Å². The summed E-state index contributed by atoms with van der Waals surface area (Å²) < 4.78 is 5.44. The van der Waals surface area contributed by atoms with Gasteiger partial charge in [0.2, 0.25) is 0 Å². The van der Waals surface area contributed by atoms with Gasteiger partial charge in [-0.2, -0.15) is 0 Å². The molecular weight excluding hydrogens is 320 g/mol. The summed E-state index contributed by atoms with van der Waals surface area (Å²) in [4.78, 5) is 14.5. The molecule has 1 amide bonds. The highest BCUT2D eigenvalue weighted by atomic mass is 32.1. The van der Waals surface area contributed by atoms with Gasteiger partial charge in [-0.15, -0.1) is 0 Å². The minimum absolute atomic E-state index is 0.218. The molecule has 2 aromatic carbocycles. The molecule has 0 bridgehead atoms. The van der Waals surface area contributed by atoms with Crippen LogP contribution in [0, 0.1) is 0 Å². The van der Waals surface area contributed by atoms with E-state index in [2.05, 4.69) is 11.4 Å². The van der Waals surface area contributed by atoms with Crippen molar-refractivity contribution >= 4 is 28.9 Å². The Bertz CT molecular complexity index is 761. The van der Waals surface area contributed by atoms with Crippen molar-refractivity contribution in [1.82, 2.24) is 5.32 Å². The van der Waals surface area contributed by atoms with Gasteiger partial charge in [0.15, 0.2) is 5.11 Å². The van der Waals surface area contributed by atoms with Crippen molar-refractivity contribution < 1.29 is 9.53 Å². The number of amides is 1. The fourth-order valence-corrected chi connectivity index (χ4v) is 3.16. The number of para-hydroxylation sites is 1. The normalized spacial score (nSPS) is 13.1. The number of anilines is 1. The molecule has 0 fully saturated rings. The zero-order valence-electron chi connectivity index (χ0n) is 13.6. The van der Waals surface area contributed by atoms with Crippen LogP contribution in [0.5, 0.6) is 5.75 Å². The number of nitrogens with one attached hydrogen (secondary N) is 1. The molecule has 1 aliphatic heterocycles. The Labute approximate surface area is 147 Å². The third-order valence-electron chi connectivity index (χ3n) is 3.98. The Morgan fingerprint density at radius 1 is 1.25 bits per heavy atom. The summed E-state index contributed by atoms with van der Waals surface area (Å²) in [6, 6.07) is 15.3. The SMILES string of the molecule is CCOc1cccc(C(=O)NC(=S)N2CCCc3ccccc32)c1. The molecule has 1 aliphatic rings. The van der Waals surface area contributed by atoms with E-state index in [1.807, 2.05) is 36.1 Å². The van der Waals surface area contributed by atoms with E-state index in [9.17, 15) is 4.79 Å². The van der Waals surface area contributed by atoms with E-state index in [1.54, 1.807) is 18.2 Å². The highest BCUT2D eigenvalue weighted by molar-refractivity contribution is 7.80. The second kappa shape index (κ2) is 7.45. The summed E-state index contributed by atoms with van der Waals surface area (Å²) in [5.74, 6) is 0.462. The van der Waals surface area contributed by atoms with Crippen molar-refractivity contribution in [2.24, 2.45) is 0 Å². The van der Waals surface area contributed by atoms with Crippen LogP contribution in [0.25, 0.3) is 0 Å². The molecule has 24 heavy (non-hydrogen) atoms. The molecule has 124 valence electrons. The number of rotatable bonds is 3. The van der Waals surface area contributed by atoms with Crippen molar-refractivity contribution in [3.63, 3.8) is 0 Å². The van der Waals surface area contributed by atoms with Gasteiger partial charge in [-0.25, -0.2) is 0 Å². The van der Waals surface area contributed by atoms with E-state index >= 15 is 0 Å². The van der Waals surface area contributed by atoms with Crippen molar-refractivity contribution in [2.75, 3.05) is 18.1 Å². The van der Waals surface area contributed by atoms with Gasteiger partial charge in [-0.05, 0) is 61.8 Å². The first kappa shape index (κ1) is 16.5. The van der Waals surface area contributed by atoms with Gasteiger partial charge in [0.25, 0.3) is 5.91 Å². The zero-order chi connectivity index (χ0) is 16.9. The van der Waals surface area contributed by atoms with E-state index in [1.165, 1.54) is 5.56 Å². The van der Waals surface area contributed by atoms with Gasteiger partial charge in [0.1, 0.15) is 5.75 Å². The summed E-state index contributed by atoms with van der Waals surface area (Å²) in [5.41, 5.74) is 2.88. The molecule has 0 saturated heterocycles. The molecule has 0 saturated carbocycles. The molecule has 1 heterocycles. The lowest BCUT2D eigenvalue weighted by Gasteiger charge is -2.31. The Kier molecular flexibility index (Phi) is 5.11. The average Bonchev–Trinajstić information content (AvgIpc) is 2.61. The molecule has 4 nitrogen and oxygen atoms in total. The van der Waals surface area contributed by atoms with E-state index in [-0.39, 0.29) is 5.91 Å². The van der Waals surface area contributed by atoms with Gasteiger partial charge in [-0.3, -0.25) is 10.1 Å². The van der Waals surface area contributed by atoms with Gasteiger partial charge < -0.3 is 9.64 Å². The minimum atomic E-state index is -0.218. The number of aryl methyl sites for hydroxylation is 1. The predicted molar refractivity (Wildman–Crippen MR) is 99.8 cm³/mol. The highest BCUT2D eigenvalue weighted by Gasteiger charge is 2.21. The second-order valence-corrected chi connectivity index (χ2v) is 5.99. The number of ether oxygens (including phenoxy) is 1. The van der Waals surface area contributed by atoms with Crippen LogP contribution in [0.2, 0.25) is 0 Å². The number of carbonyl (C=O) groups excluding carboxylic acids is 1. The quantitative estimate of drug-likeness (QED) is 0.868. The standard InChI is InChI=1S/C19H20N2O2S/c1-2-23-16-10-5-8-15(13-16)18(22)20-19(24)21-12-6-9-14-7-3-4-11-17(14)21/h3-5,7-8,10-11,13H,2,6,9,12H2,1H3,(H,20,22,24). The topological polar surface area (TPSA) is 41.6 Å². The highest BCUT2D eigenvalue weighted by Crippen LogP contribution is 2.26. The van der Waals surface area contributed by atoms with Crippen molar-refractivity contribution in [3.05, 3.63) is 59.7 Å². The molecule has 0 aromatic heterocycles. The van der Waals surface area contributed by atoms with Crippen LogP contribution in [0.15, 0.2) is 48.5 Å². The Morgan fingerprint density at radius 3 is 2.92 bits per heavy atom. The summed E-state index contributed by atoms with van der Waals surface area (Å²) in [6.45, 7) is 3.29. The molecule has 0 aliphatic carbocycles. The lowest BCUT2D eigenvalue weighted by atomic mass is 10.0. The van der Waals surface area contributed by atoms with Gasteiger partial charge >= 0.3 is 0 Å². The Balaban J connectivity index is 1.73. The van der Waals surface area contributed by atoms with Gasteiger partial charge in [-0.1, -0.05) is 24.3 Å². The summed E-state index contributed by atoms with van der Waals surface area (Å²) in [5, 5.41) is 3.28. The minimum Gasteiger partial charge on any atom is -0.494 e. The van der Waals surface area contributed by atoms with Crippen LogP contribution in [-0.4, -0.2) is 24.2 Å². The average molecular weight is 340 g/mol. The van der Waals surface area contributed by atoms with E-state index < -0.39 is 0 Å². The number of carbonyl (C=O) groups is 1. The smallest absolute Gasteiger partial charge is 0.257 e. The first-order valence-electron chi connectivity index (χ1n) is 8.12. The predicted octanol–water partition coefficient (Wildman–Crippen LogP) is 3.55. The van der Waals surface area contributed by atoms with Crippen LogP contribution in [0.4, 0.5) is 5.69 Å². The third kappa shape index (κ3) is 3.57. The molecule has 2 aromatic rings. The molecule has 5 heteroatoms. The van der Waals surface area contributed by atoms with E-state index in [0.29, 0.717) is 23.0 Å². The van der Waals surface area contributed by atoms with Gasteiger partial charge in [0.05, 0.1) is 6.61 Å². The number of nitrogens with zero attached hydrogens (tertiary/aromatic N) is 1. The summed E-state index contributed by atoms with van der Waals surface area (Å²) in [6.07, 6.45) is 2.06. The third-order valence-corrected chi connectivity index (χ3v) is 4.31. The lowest BCUT2D eigenvalue weighted by Crippen LogP contribution is -2.45. The summed E-state index contributed by atoms with van der Waals surface area (Å²) in [7, 11) is 0. The molecule has 0 unspecified atom stereocenters. The zero-order valence-corrected chi connectivity index (χ0v) is 14.4. The number of hydrogen-bond donors (Lipinski definition) is 1. The monoisotopic (exact) mass is 340 g/mol. The van der Waals surface area contributed by atoms with Crippen molar-refractivity contribution in [1.29, 1.82) is 0 Å². The van der Waals surface area contributed by atoms with Crippen LogP contribution >= 0.6 is 12.2 Å². The molecule has 3 rings (SSSR count). The van der Waals surface area contributed by atoms with Crippen LogP contribution < -0.4 is 15.0 Å². The number of thiocarbonyl (C=S) groups is 1. The maximum Gasteiger partial charge on any atom is 0.257 e. The molecule has 0 spiro atoms. The van der Waals surface area contributed by atoms with E-state index in [4.69, 9.17) is 17.0 Å². The lowest BCUT2D eigenvalue weighted by molar-refractivity contribution is 0.0976. The second-order valence-electron chi connectivity index (χ2n) is 5.60. The Morgan fingerprint density at radius 2 is 2.08 bits per heavy atom. The maximum absolute atomic E-state index is 12.5. The fourth-order valence-electron chi connectivity index (χ4n) is 2.88. The molecular formula is C19H20N2O2S. The van der Waals surface area contributed by atoms with Gasteiger partial charge in [0, 0.05) is 17.8 Å². The molecule has 1 N–H and O–H groups in total. The largest absolute Gasteiger partial charge is 0.494 e. The fraction of sp³-hybridized carbons (Fsp3) is 0.263. The molecule has 0 radical (unpaired) electrons. The number of fused-ring (bicyclic) bond motifs is 1. The van der Waals surface area contributed by atoms with Crippen LogP contribution in [-0.2, 0) is 6.42 Å². The van der Waals surface area contributed by atoms with Crippen LogP contribution in [0.1, 0.15) is 29.3 Å². The number of benzene rings is 2. The first-order chi connectivity index (χ1) is 11.7. The Hall–Kier alpha value is -2.40. The number of hydrogen-bond acceptors (Lipinski definition) is 3. The maximum atomic E-state index is 12.5. The summed E-state index contributed by atoms with van der Waals surface area (Å²) >= 11 is 5.47.